The molecule has 0 spiro atoms. The van der Waals surface area contributed by atoms with Crippen LogP contribution < -0.4 is 5.32 Å². The number of rotatable bonds is 4. The second-order valence-corrected chi connectivity index (χ2v) is 7.48. The normalized spacial score (nSPS) is 23.3. The van der Waals surface area contributed by atoms with Crippen molar-refractivity contribution in [2.75, 3.05) is 13.1 Å². The van der Waals surface area contributed by atoms with Crippen LogP contribution in [0, 0.1) is 5.92 Å². The fraction of sp³-hybridized carbons (Fsp3) is 0.471. The first-order valence-corrected chi connectivity index (χ1v) is 8.92. The number of hydrogen-bond donors (Lipinski definition) is 1. The zero-order chi connectivity index (χ0) is 15.8. The Hall–Kier alpha value is -1.95. The number of hydrogen-bond acceptors (Lipinski definition) is 4. The van der Waals surface area contributed by atoms with Crippen molar-refractivity contribution in [3.63, 3.8) is 0 Å². The summed E-state index contributed by atoms with van der Waals surface area (Å²) in [5.41, 5.74) is 1.04. The van der Waals surface area contributed by atoms with Crippen molar-refractivity contribution < 1.29 is 9.59 Å². The van der Waals surface area contributed by atoms with Gasteiger partial charge >= 0.3 is 0 Å². The molecule has 0 radical (unpaired) electrons. The van der Waals surface area contributed by atoms with Crippen LogP contribution in [-0.4, -0.2) is 40.8 Å². The predicted octanol–water partition coefficient (Wildman–Crippen LogP) is 1.97. The lowest BCUT2D eigenvalue weighted by atomic mass is 10.1. The molecule has 0 bridgehead atoms. The van der Waals surface area contributed by atoms with Gasteiger partial charge in [0.1, 0.15) is 0 Å². The van der Waals surface area contributed by atoms with Gasteiger partial charge in [-0.3, -0.25) is 9.59 Å². The second kappa shape index (κ2) is 5.92. The summed E-state index contributed by atoms with van der Waals surface area (Å²) in [5, 5.41) is 4.06. The number of para-hydroxylation sites is 1. The third-order valence-corrected chi connectivity index (χ3v) is 5.80. The molecule has 0 unspecified atom stereocenters. The van der Waals surface area contributed by atoms with Crippen LogP contribution in [0.2, 0.25) is 0 Å². The molecule has 120 valence electrons. The largest absolute Gasteiger partial charge is 0.351 e. The Kier molecular flexibility index (Phi) is 3.77. The number of fused-ring (bicyclic) bond motifs is 2. The number of aromatic nitrogens is 1. The van der Waals surface area contributed by atoms with Crippen LogP contribution in [0.5, 0.6) is 0 Å². The number of carbonyl (C=O) groups excluding carboxylic acids is 2. The van der Waals surface area contributed by atoms with Gasteiger partial charge in [-0.05, 0) is 25.0 Å². The summed E-state index contributed by atoms with van der Waals surface area (Å²) < 4.78 is 1.21. The van der Waals surface area contributed by atoms with Crippen LogP contribution in [0.4, 0.5) is 0 Å². The van der Waals surface area contributed by atoms with E-state index >= 15 is 0 Å². The van der Waals surface area contributed by atoms with Crippen LogP contribution >= 0.6 is 11.3 Å². The number of nitrogens with zero attached hydrogens (tertiary/aromatic N) is 2. The number of likely N-dealkylation sites (tertiary alicyclic amines) is 1. The minimum atomic E-state index is 0.128. The third kappa shape index (κ3) is 2.95. The van der Waals surface area contributed by atoms with E-state index in [1.165, 1.54) is 4.70 Å². The molecule has 2 aromatic rings. The quantitative estimate of drug-likeness (QED) is 0.933. The first kappa shape index (κ1) is 14.6. The lowest BCUT2D eigenvalue weighted by Crippen LogP contribution is -2.35. The van der Waals surface area contributed by atoms with E-state index in [1.807, 2.05) is 23.1 Å². The topological polar surface area (TPSA) is 62.3 Å². The SMILES string of the molecule is O=C1C[C@H]2CN(C(=O)CCCc3nc4ccccc4s3)C[C@H]2N1. The van der Waals surface area contributed by atoms with Crippen molar-refractivity contribution in [3.05, 3.63) is 29.3 Å². The fourth-order valence-corrected chi connectivity index (χ4v) is 4.53. The summed E-state index contributed by atoms with van der Waals surface area (Å²) in [4.78, 5) is 30.2. The number of carbonyl (C=O) groups is 2. The lowest BCUT2D eigenvalue weighted by Gasteiger charge is -2.17. The summed E-state index contributed by atoms with van der Waals surface area (Å²) in [7, 11) is 0. The maximum absolute atomic E-state index is 12.3. The predicted molar refractivity (Wildman–Crippen MR) is 89.2 cm³/mol. The molecule has 5 nitrogen and oxygen atoms in total. The van der Waals surface area contributed by atoms with E-state index in [1.54, 1.807) is 11.3 Å². The van der Waals surface area contributed by atoms with Crippen LogP contribution in [0.1, 0.15) is 24.3 Å². The van der Waals surface area contributed by atoms with Crippen molar-refractivity contribution in [3.8, 4) is 0 Å². The minimum Gasteiger partial charge on any atom is -0.351 e. The van der Waals surface area contributed by atoms with Gasteiger partial charge in [-0.15, -0.1) is 11.3 Å². The molecule has 2 saturated heterocycles. The van der Waals surface area contributed by atoms with Crippen molar-refractivity contribution in [1.82, 2.24) is 15.2 Å². The average molecular weight is 329 g/mol. The van der Waals surface area contributed by atoms with Crippen molar-refractivity contribution in [1.29, 1.82) is 0 Å². The molecule has 0 aliphatic carbocycles. The zero-order valence-electron chi connectivity index (χ0n) is 12.8. The Bertz CT molecular complexity index is 708. The molecule has 2 atom stereocenters. The van der Waals surface area contributed by atoms with Gasteiger partial charge < -0.3 is 10.2 Å². The average Bonchev–Trinajstić information content (AvgIpc) is 3.18. The smallest absolute Gasteiger partial charge is 0.222 e. The van der Waals surface area contributed by atoms with Gasteiger partial charge in [0.25, 0.3) is 0 Å². The zero-order valence-corrected chi connectivity index (χ0v) is 13.6. The maximum atomic E-state index is 12.3. The highest BCUT2D eigenvalue weighted by Crippen LogP contribution is 2.26. The molecule has 1 aromatic carbocycles. The summed E-state index contributed by atoms with van der Waals surface area (Å²) in [6.07, 6.45) is 2.81. The number of amides is 2. The molecule has 3 heterocycles. The molecule has 1 N–H and O–H groups in total. The van der Waals surface area contributed by atoms with Gasteiger partial charge in [0, 0.05) is 31.8 Å². The number of thiazole rings is 1. The van der Waals surface area contributed by atoms with E-state index in [-0.39, 0.29) is 17.9 Å². The lowest BCUT2D eigenvalue weighted by molar-refractivity contribution is -0.131. The van der Waals surface area contributed by atoms with E-state index in [0.29, 0.717) is 25.3 Å². The number of nitrogens with one attached hydrogen (secondary N) is 1. The Morgan fingerprint density at radius 2 is 2.22 bits per heavy atom. The van der Waals surface area contributed by atoms with Gasteiger partial charge in [-0.2, -0.15) is 0 Å². The highest BCUT2D eigenvalue weighted by atomic mass is 32.1. The molecular weight excluding hydrogens is 310 g/mol. The molecule has 6 heteroatoms. The van der Waals surface area contributed by atoms with Crippen LogP contribution in [0.25, 0.3) is 10.2 Å². The molecule has 23 heavy (non-hydrogen) atoms. The molecule has 2 aliphatic rings. The van der Waals surface area contributed by atoms with Gasteiger partial charge in [-0.25, -0.2) is 4.98 Å². The Morgan fingerprint density at radius 1 is 1.35 bits per heavy atom. The molecule has 2 aliphatic heterocycles. The van der Waals surface area contributed by atoms with E-state index in [9.17, 15) is 9.59 Å². The fourth-order valence-electron chi connectivity index (χ4n) is 3.52. The second-order valence-electron chi connectivity index (χ2n) is 6.37. The molecular formula is C17H19N3O2S. The summed E-state index contributed by atoms with van der Waals surface area (Å²) in [6, 6.07) is 8.31. The van der Waals surface area contributed by atoms with Gasteiger partial charge in [0.15, 0.2) is 0 Å². The van der Waals surface area contributed by atoms with Crippen LogP contribution in [0.3, 0.4) is 0 Å². The van der Waals surface area contributed by atoms with Crippen molar-refractivity contribution >= 4 is 33.4 Å². The molecule has 0 saturated carbocycles. The van der Waals surface area contributed by atoms with E-state index in [4.69, 9.17) is 0 Å². The van der Waals surface area contributed by atoms with E-state index < -0.39 is 0 Å². The molecule has 2 amide bonds. The first-order chi connectivity index (χ1) is 11.2. The van der Waals surface area contributed by atoms with Gasteiger partial charge in [-0.1, -0.05) is 12.1 Å². The standard InChI is InChI=1S/C17H19N3O2S/c21-15-8-11-9-20(10-13(11)18-15)17(22)7-3-6-16-19-12-4-1-2-5-14(12)23-16/h1-2,4-5,11,13H,3,6-10H2,(H,18,21)/t11-,13+/m0/s1. The number of aryl methyl sites for hydroxylation is 1. The van der Waals surface area contributed by atoms with Crippen LogP contribution in [0.15, 0.2) is 24.3 Å². The Balaban J connectivity index is 1.28. The van der Waals surface area contributed by atoms with Crippen molar-refractivity contribution in [2.45, 2.75) is 31.7 Å². The summed E-state index contributed by atoms with van der Waals surface area (Å²) in [6.45, 7) is 1.40. The highest BCUT2D eigenvalue weighted by Gasteiger charge is 2.41. The van der Waals surface area contributed by atoms with E-state index in [2.05, 4.69) is 16.4 Å². The molecule has 4 rings (SSSR count). The highest BCUT2D eigenvalue weighted by molar-refractivity contribution is 7.18. The van der Waals surface area contributed by atoms with Gasteiger partial charge in [0.05, 0.1) is 21.3 Å². The minimum absolute atomic E-state index is 0.128. The number of benzene rings is 1. The van der Waals surface area contributed by atoms with Crippen molar-refractivity contribution in [2.24, 2.45) is 5.92 Å². The van der Waals surface area contributed by atoms with Gasteiger partial charge in [0.2, 0.25) is 11.8 Å². The molecule has 1 aromatic heterocycles. The van der Waals surface area contributed by atoms with Crippen LogP contribution in [-0.2, 0) is 16.0 Å². The molecule has 2 fully saturated rings. The monoisotopic (exact) mass is 329 g/mol. The maximum Gasteiger partial charge on any atom is 0.222 e. The summed E-state index contributed by atoms with van der Waals surface area (Å²) >= 11 is 1.71. The first-order valence-electron chi connectivity index (χ1n) is 8.10. The third-order valence-electron chi connectivity index (χ3n) is 4.71. The summed E-state index contributed by atoms with van der Waals surface area (Å²) in [5.74, 6) is 0.647. The Morgan fingerprint density at radius 3 is 3.04 bits per heavy atom. The van der Waals surface area contributed by atoms with E-state index in [0.717, 1.165) is 29.9 Å². The Labute approximate surface area is 138 Å².